The summed E-state index contributed by atoms with van der Waals surface area (Å²) < 4.78 is 0. The number of thioether (sulfide) groups is 2. The lowest BCUT2D eigenvalue weighted by atomic mass is 9.96. The highest BCUT2D eigenvalue weighted by molar-refractivity contribution is 8.01. The van der Waals surface area contributed by atoms with Gasteiger partial charge in [-0.1, -0.05) is 38.5 Å². The molecule has 126 valence electrons. The number of aryl methyl sites for hydroxylation is 1. The fourth-order valence-corrected chi connectivity index (χ4v) is 5.97. The van der Waals surface area contributed by atoms with Gasteiger partial charge >= 0.3 is 0 Å². The Morgan fingerprint density at radius 2 is 2.09 bits per heavy atom. The second-order valence-corrected chi connectivity index (χ2v) is 8.80. The zero-order valence-electron chi connectivity index (χ0n) is 14.1. The summed E-state index contributed by atoms with van der Waals surface area (Å²) in [5.74, 6) is 1.89. The maximum Gasteiger partial charge on any atom is 0.230 e. The van der Waals surface area contributed by atoms with Crippen molar-refractivity contribution in [2.45, 2.75) is 80.1 Å². The van der Waals surface area contributed by atoms with E-state index in [4.69, 9.17) is 0 Å². The molecule has 0 unspecified atom stereocenters. The van der Waals surface area contributed by atoms with Crippen LogP contribution in [0.15, 0.2) is 10.1 Å². The van der Waals surface area contributed by atoms with Gasteiger partial charge in [0.15, 0.2) is 0 Å². The largest absolute Gasteiger partial charge is 0.353 e. The lowest BCUT2D eigenvalue weighted by Crippen LogP contribution is -2.33. The summed E-state index contributed by atoms with van der Waals surface area (Å²) in [5.41, 5.74) is 1.27. The van der Waals surface area contributed by atoms with Crippen molar-refractivity contribution in [1.29, 1.82) is 0 Å². The molecule has 1 aromatic rings. The van der Waals surface area contributed by atoms with Crippen LogP contribution in [0.4, 0.5) is 0 Å². The van der Waals surface area contributed by atoms with Crippen LogP contribution in [0.25, 0.3) is 0 Å². The Kier molecular flexibility index (Phi) is 5.52. The van der Waals surface area contributed by atoms with Gasteiger partial charge in [0.1, 0.15) is 15.9 Å². The molecule has 1 aliphatic heterocycles. The van der Waals surface area contributed by atoms with Crippen molar-refractivity contribution in [1.82, 2.24) is 15.3 Å². The summed E-state index contributed by atoms with van der Waals surface area (Å²) in [7, 11) is 0. The molecular weight excluding hydrogens is 326 g/mol. The fraction of sp³-hybridized carbons (Fsp3) is 0.706. The lowest BCUT2D eigenvalue weighted by Gasteiger charge is -2.16. The van der Waals surface area contributed by atoms with E-state index in [2.05, 4.69) is 29.1 Å². The van der Waals surface area contributed by atoms with E-state index in [9.17, 15) is 4.79 Å². The van der Waals surface area contributed by atoms with Gasteiger partial charge < -0.3 is 5.32 Å². The molecule has 0 radical (unpaired) electrons. The summed E-state index contributed by atoms with van der Waals surface area (Å²) in [5, 5.41) is 5.83. The quantitative estimate of drug-likeness (QED) is 0.643. The smallest absolute Gasteiger partial charge is 0.230 e. The highest BCUT2D eigenvalue weighted by Gasteiger charge is 2.33. The Morgan fingerprint density at radius 1 is 1.35 bits per heavy atom. The van der Waals surface area contributed by atoms with Gasteiger partial charge in [0.25, 0.3) is 0 Å². The third-order valence-corrected chi connectivity index (χ3v) is 6.95. The van der Waals surface area contributed by atoms with Crippen LogP contribution < -0.4 is 5.32 Å². The number of carbonyl (C=O) groups is 1. The molecule has 23 heavy (non-hydrogen) atoms. The Hall–Kier alpha value is -0.750. The van der Waals surface area contributed by atoms with Crippen molar-refractivity contribution in [3.05, 3.63) is 11.4 Å². The standard InChI is InChI=1S/C17H25N3OS2/c1-4-13-10(2)23-17-15(13)16(18-11(3)19-17)22-9-14(21)20-12-7-5-6-8-12/h10,12-13H,4-9H2,1-3H3,(H,20,21)/t10-,13-/m0/s1. The van der Waals surface area contributed by atoms with Crippen LogP contribution in [-0.4, -0.2) is 32.9 Å². The second-order valence-electron chi connectivity index (χ2n) is 6.47. The Bertz CT molecular complexity index is 587. The van der Waals surface area contributed by atoms with Crippen molar-refractivity contribution < 1.29 is 4.79 Å². The van der Waals surface area contributed by atoms with E-state index in [0.29, 0.717) is 23.0 Å². The van der Waals surface area contributed by atoms with Crippen LogP contribution in [-0.2, 0) is 4.79 Å². The predicted molar refractivity (Wildman–Crippen MR) is 96.2 cm³/mol. The minimum atomic E-state index is 0.138. The zero-order valence-corrected chi connectivity index (χ0v) is 15.7. The van der Waals surface area contributed by atoms with Gasteiger partial charge in [0.2, 0.25) is 5.91 Å². The van der Waals surface area contributed by atoms with Crippen molar-refractivity contribution in [2.75, 3.05) is 5.75 Å². The van der Waals surface area contributed by atoms with E-state index in [0.717, 1.165) is 35.1 Å². The van der Waals surface area contributed by atoms with Gasteiger partial charge in [-0.3, -0.25) is 4.79 Å². The van der Waals surface area contributed by atoms with E-state index < -0.39 is 0 Å². The third-order valence-electron chi connectivity index (χ3n) is 4.72. The molecule has 1 aromatic heterocycles. The number of hydrogen-bond acceptors (Lipinski definition) is 5. The number of hydrogen-bond donors (Lipinski definition) is 1. The fourth-order valence-electron chi connectivity index (χ4n) is 3.55. The van der Waals surface area contributed by atoms with E-state index in [1.807, 2.05) is 18.7 Å². The van der Waals surface area contributed by atoms with Crippen LogP contribution in [0.3, 0.4) is 0 Å². The molecule has 0 aromatic carbocycles. The van der Waals surface area contributed by atoms with E-state index >= 15 is 0 Å². The molecule has 1 aliphatic carbocycles. The van der Waals surface area contributed by atoms with Crippen molar-refractivity contribution in [3.63, 3.8) is 0 Å². The molecule has 1 fully saturated rings. The van der Waals surface area contributed by atoms with Gasteiger partial charge in [0, 0.05) is 22.8 Å². The van der Waals surface area contributed by atoms with Crippen LogP contribution in [0.2, 0.25) is 0 Å². The van der Waals surface area contributed by atoms with Crippen molar-refractivity contribution in [3.8, 4) is 0 Å². The molecule has 3 rings (SSSR count). The maximum absolute atomic E-state index is 12.2. The van der Waals surface area contributed by atoms with Gasteiger partial charge in [-0.2, -0.15) is 0 Å². The molecule has 1 saturated carbocycles. The number of nitrogens with one attached hydrogen (secondary N) is 1. The number of aromatic nitrogens is 2. The summed E-state index contributed by atoms with van der Waals surface area (Å²) in [4.78, 5) is 21.4. The summed E-state index contributed by atoms with van der Waals surface area (Å²) in [6.45, 7) is 6.42. The minimum absolute atomic E-state index is 0.138. The SMILES string of the molecule is CC[C@@H]1c2c(SCC(=O)NC3CCCC3)nc(C)nc2S[C@H]1C. The van der Waals surface area contributed by atoms with Gasteiger partial charge in [-0.15, -0.1) is 11.8 Å². The van der Waals surface area contributed by atoms with Gasteiger partial charge in [-0.25, -0.2) is 9.97 Å². The molecule has 2 atom stereocenters. The topological polar surface area (TPSA) is 54.9 Å². The monoisotopic (exact) mass is 351 g/mol. The molecule has 6 heteroatoms. The molecule has 0 bridgehead atoms. The molecule has 2 aliphatic rings. The minimum Gasteiger partial charge on any atom is -0.353 e. The van der Waals surface area contributed by atoms with Crippen LogP contribution in [0.1, 0.15) is 63.3 Å². The van der Waals surface area contributed by atoms with E-state index in [-0.39, 0.29) is 5.91 Å². The molecule has 2 heterocycles. The maximum atomic E-state index is 12.2. The lowest BCUT2D eigenvalue weighted by molar-refractivity contribution is -0.119. The summed E-state index contributed by atoms with van der Waals surface area (Å²) >= 11 is 3.42. The van der Waals surface area contributed by atoms with Crippen molar-refractivity contribution in [2.24, 2.45) is 0 Å². The molecule has 1 N–H and O–H groups in total. The molecule has 0 saturated heterocycles. The first-order valence-electron chi connectivity index (χ1n) is 8.55. The van der Waals surface area contributed by atoms with Crippen LogP contribution >= 0.6 is 23.5 Å². The summed E-state index contributed by atoms with van der Waals surface area (Å²) in [6.07, 6.45) is 5.83. The Labute approximate surface area is 147 Å². The normalized spacial score (nSPS) is 24.0. The summed E-state index contributed by atoms with van der Waals surface area (Å²) in [6, 6.07) is 0.389. The number of carbonyl (C=O) groups excluding carboxylic acids is 1. The highest BCUT2D eigenvalue weighted by Crippen LogP contribution is 2.48. The molecular formula is C17H25N3OS2. The first-order chi connectivity index (χ1) is 11.1. The van der Waals surface area contributed by atoms with Crippen LogP contribution in [0.5, 0.6) is 0 Å². The second kappa shape index (κ2) is 7.43. The molecule has 0 spiro atoms. The average molecular weight is 352 g/mol. The predicted octanol–water partition coefficient (Wildman–Crippen LogP) is 3.92. The molecule has 1 amide bonds. The van der Waals surface area contributed by atoms with E-state index in [1.54, 1.807) is 11.8 Å². The number of fused-ring (bicyclic) bond motifs is 1. The first-order valence-corrected chi connectivity index (χ1v) is 10.4. The Balaban J connectivity index is 1.69. The number of amides is 1. The number of rotatable bonds is 5. The number of nitrogens with zero attached hydrogens (tertiary/aromatic N) is 2. The third kappa shape index (κ3) is 3.85. The van der Waals surface area contributed by atoms with Gasteiger partial charge in [0.05, 0.1) is 5.75 Å². The first kappa shape index (κ1) is 17.1. The highest BCUT2D eigenvalue weighted by atomic mass is 32.2. The molecule has 4 nitrogen and oxygen atoms in total. The van der Waals surface area contributed by atoms with Crippen LogP contribution in [0, 0.1) is 6.92 Å². The van der Waals surface area contributed by atoms with Gasteiger partial charge in [-0.05, 0) is 26.2 Å². The van der Waals surface area contributed by atoms with E-state index in [1.165, 1.54) is 18.4 Å². The zero-order chi connectivity index (χ0) is 16.4. The Morgan fingerprint density at radius 3 is 2.78 bits per heavy atom. The average Bonchev–Trinajstić information content (AvgIpc) is 3.11. The van der Waals surface area contributed by atoms with Crippen molar-refractivity contribution >= 4 is 29.4 Å².